The van der Waals surface area contributed by atoms with Crippen LogP contribution in [0.3, 0.4) is 0 Å². The largest absolute Gasteiger partial charge is 0.384 e. The van der Waals surface area contributed by atoms with Crippen LogP contribution >= 0.6 is 0 Å². The third kappa shape index (κ3) is 2.69. The quantitative estimate of drug-likeness (QED) is 0.754. The lowest BCUT2D eigenvalue weighted by molar-refractivity contribution is 1.06. The average molecular weight is 264 g/mol. The molecule has 0 aliphatic heterocycles. The Morgan fingerprint density at radius 3 is 2.60 bits per heavy atom. The van der Waals surface area contributed by atoms with E-state index in [1.807, 2.05) is 30.3 Å². The first-order valence-corrected chi connectivity index (χ1v) is 6.04. The Balaban J connectivity index is 1.90. The molecular formula is C14H12N6. The molecule has 0 unspecified atom stereocenters. The summed E-state index contributed by atoms with van der Waals surface area (Å²) in [6, 6.07) is 13.2. The molecular weight excluding hydrogens is 252 g/mol. The number of pyridine rings is 1. The minimum absolute atomic E-state index is 0.431. The van der Waals surface area contributed by atoms with Crippen molar-refractivity contribution in [2.24, 2.45) is 0 Å². The zero-order valence-corrected chi connectivity index (χ0v) is 10.6. The van der Waals surface area contributed by atoms with Gasteiger partial charge in [-0.2, -0.15) is 4.98 Å². The molecule has 0 saturated heterocycles. The second-order valence-electron chi connectivity index (χ2n) is 4.09. The van der Waals surface area contributed by atoms with Gasteiger partial charge in [0.15, 0.2) is 5.82 Å². The fourth-order valence-corrected chi connectivity index (χ4v) is 1.73. The Morgan fingerprint density at radius 1 is 0.950 bits per heavy atom. The average Bonchev–Trinajstić information content (AvgIpc) is 2.49. The number of para-hydroxylation sites is 1. The van der Waals surface area contributed by atoms with Gasteiger partial charge in [0.1, 0.15) is 12.1 Å². The van der Waals surface area contributed by atoms with E-state index in [1.54, 1.807) is 18.3 Å². The summed E-state index contributed by atoms with van der Waals surface area (Å²) in [5.41, 5.74) is 7.38. The molecule has 98 valence electrons. The Morgan fingerprint density at radius 2 is 1.80 bits per heavy atom. The van der Waals surface area contributed by atoms with Crippen molar-refractivity contribution in [2.75, 3.05) is 11.1 Å². The normalized spacial score (nSPS) is 10.2. The summed E-state index contributed by atoms with van der Waals surface area (Å²) in [6.07, 6.45) is 3.09. The van der Waals surface area contributed by atoms with Crippen molar-refractivity contribution in [3.8, 4) is 11.4 Å². The van der Waals surface area contributed by atoms with E-state index >= 15 is 0 Å². The van der Waals surface area contributed by atoms with Crippen molar-refractivity contribution >= 4 is 17.5 Å². The SMILES string of the molecule is Nc1cc(-c2ncnc(Nc3ccccc3)n2)ccn1. The summed E-state index contributed by atoms with van der Waals surface area (Å²) in [4.78, 5) is 16.6. The highest BCUT2D eigenvalue weighted by molar-refractivity contribution is 5.60. The van der Waals surface area contributed by atoms with Gasteiger partial charge in [-0.3, -0.25) is 0 Å². The molecule has 0 amide bonds. The van der Waals surface area contributed by atoms with Crippen LogP contribution < -0.4 is 11.1 Å². The van der Waals surface area contributed by atoms with E-state index in [0.29, 0.717) is 17.6 Å². The lowest BCUT2D eigenvalue weighted by Gasteiger charge is -2.05. The van der Waals surface area contributed by atoms with Crippen molar-refractivity contribution in [3.63, 3.8) is 0 Å². The van der Waals surface area contributed by atoms with E-state index < -0.39 is 0 Å². The van der Waals surface area contributed by atoms with E-state index in [-0.39, 0.29) is 0 Å². The van der Waals surface area contributed by atoms with Gasteiger partial charge in [0, 0.05) is 17.4 Å². The molecule has 0 spiro atoms. The van der Waals surface area contributed by atoms with E-state index in [1.165, 1.54) is 6.33 Å². The fourth-order valence-electron chi connectivity index (χ4n) is 1.73. The molecule has 3 aromatic rings. The maximum atomic E-state index is 5.66. The van der Waals surface area contributed by atoms with Crippen molar-refractivity contribution in [2.45, 2.75) is 0 Å². The summed E-state index contributed by atoms with van der Waals surface area (Å²) in [7, 11) is 0. The zero-order valence-electron chi connectivity index (χ0n) is 10.6. The van der Waals surface area contributed by atoms with E-state index in [2.05, 4.69) is 25.3 Å². The van der Waals surface area contributed by atoms with Crippen molar-refractivity contribution in [1.29, 1.82) is 0 Å². The molecule has 0 radical (unpaired) electrons. The molecule has 0 atom stereocenters. The minimum Gasteiger partial charge on any atom is -0.384 e. The van der Waals surface area contributed by atoms with Crippen molar-refractivity contribution in [3.05, 3.63) is 55.0 Å². The summed E-state index contributed by atoms with van der Waals surface area (Å²) in [5.74, 6) is 1.46. The van der Waals surface area contributed by atoms with Gasteiger partial charge in [-0.25, -0.2) is 15.0 Å². The van der Waals surface area contributed by atoms with Gasteiger partial charge in [-0.1, -0.05) is 18.2 Å². The molecule has 0 aliphatic rings. The van der Waals surface area contributed by atoms with Gasteiger partial charge in [-0.15, -0.1) is 0 Å². The monoisotopic (exact) mass is 264 g/mol. The first-order valence-electron chi connectivity index (χ1n) is 6.04. The summed E-state index contributed by atoms with van der Waals surface area (Å²) in [5, 5.41) is 3.12. The van der Waals surface area contributed by atoms with Gasteiger partial charge >= 0.3 is 0 Å². The highest BCUT2D eigenvalue weighted by atomic mass is 15.1. The summed E-state index contributed by atoms with van der Waals surface area (Å²) >= 11 is 0. The molecule has 0 fully saturated rings. The molecule has 6 heteroatoms. The highest BCUT2D eigenvalue weighted by Crippen LogP contribution is 2.18. The number of anilines is 3. The maximum absolute atomic E-state index is 5.66. The van der Waals surface area contributed by atoms with Crippen LogP contribution in [0.5, 0.6) is 0 Å². The standard InChI is InChI=1S/C14H12N6/c15-12-8-10(6-7-16-12)13-17-9-18-14(20-13)19-11-4-2-1-3-5-11/h1-9H,(H2,15,16)(H,17,18,19,20). The Hall–Kier alpha value is -3.02. The minimum atomic E-state index is 0.431. The molecule has 6 nitrogen and oxygen atoms in total. The van der Waals surface area contributed by atoms with E-state index in [4.69, 9.17) is 5.73 Å². The molecule has 20 heavy (non-hydrogen) atoms. The summed E-state index contributed by atoms with van der Waals surface area (Å²) < 4.78 is 0. The number of rotatable bonds is 3. The van der Waals surface area contributed by atoms with Crippen molar-refractivity contribution in [1.82, 2.24) is 19.9 Å². The second-order valence-corrected chi connectivity index (χ2v) is 4.09. The highest BCUT2D eigenvalue weighted by Gasteiger charge is 2.04. The predicted octanol–water partition coefficient (Wildman–Crippen LogP) is 2.26. The number of aromatic nitrogens is 4. The lowest BCUT2D eigenvalue weighted by atomic mass is 10.2. The first kappa shape index (κ1) is 12.0. The Labute approximate surface area is 115 Å². The fraction of sp³-hybridized carbons (Fsp3) is 0. The van der Waals surface area contributed by atoms with Crippen LogP contribution in [-0.2, 0) is 0 Å². The molecule has 0 bridgehead atoms. The van der Waals surface area contributed by atoms with Gasteiger partial charge in [-0.05, 0) is 24.3 Å². The molecule has 1 aromatic carbocycles. The number of nitrogen functional groups attached to an aromatic ring is 1. The number of benzene rings is 1. The molecule has 2 aromatic heterocycles. The Kier molecular flexibility index (Phi) is 3.20. The molecule has 3 rings (SSSR count). The third-order valence-corrected chi connectivity index (χ3v) is 2.64. The number of nitrogens with two attached hydrogens (primary N) is 1. The van der Waals surface area contributed by atoms with Crippen LogP contribution in [0.1, 0.15) is 0 Å². The van der Waals surface area contributed by atoms with Gasteiger partial charge in [0.2, 0.25) is 5.95 Å². The number of hydrogen-bond acceptors (Lipinski definition) is 6. The predicted molar refractivity (Wildman–Crippen MR) is 77.2 cm³/mol. The molecule has 0 saturated carbocycles. The molecule has 2 heterocycles. The number of hydrogen-bond donors (Lipinski definition) is 2. The smallest absolute Gasteiger partial charge is 0.230 e. The lowest BCUT2D eigenvalue weighted by Crippen LogP contribution is -2.00. The second kappa shape index (κ2) is 5.31. The Bertz CT molecular complexity index is 714. The van der Waals surface area contributed by atoms with Crippen LogP contribution in [-0.4, -0.2) is 19.9 Å². The third-order valence-electron chi connectivity index (χ3n) is 2.64. The topological polar surface area (TPSA) is 89.6 Å². The van der Waals surface area contributed by atoms with Crippen LogP contribution in [0.4, 0.5) is 17.5 Å². The summed E-state index contributed by atoms with van der Waals surface area (Å²) in [6.45, 7) is 0. The van der Waals surface area contributed by atoms with Gasteiger partial charge < -0.3 is 11.1 Å². The van der Waals surface area contributed by atoms with Crippen LogP contribution in [0.2, 0.25) is 0 Å². The molecule has 0 aliphatic carbocycles. The zero-order chi connectivity index (χ0) is 13.8. The molecule has 3 N–H and O–H groups in total. The van der Waals surface area contributed by atoms with E-state index in [9.17, 15) is 0 Å². The van der Waals surface area contributed by atoms with Crippen LogP contribution in [0, 0.1) is 0 Å². The number of nitrogens with zero attached hydrogens (tertiary/aromatic N) is 4. The van der Waals surface area contributed by atoms with E-state index in [0.717, 1.165) is 11.3 Å². The first-order chi connectivity index (χ1) is 9.81. The van der Waals surface area contributed by atoms with Gasteiger partial charge in [0.25, 0.3) is 0 Å². The maximum Gasteiger partial charge on any atom is 0.230 e. The van der Waals surface area contributed by atoms with Crippen molar-refractivity contribution < 1.29 is 0 Å². The van der Waals surface area contributed by atoms with Crippen LogP contribution in [0.25, 0.3) is 11.4 Å². The van der Waals surface area contributed by atoms with Crippen LogP contribution in [0.15, 0.2) is 55.0 Å². The van der Waals surface area contributed by atoms with Gasteiger partial charge in [0.05, 0.1) is 0 Å². The number of nitrogens with one attached hydrogen (secondary N) is 1.